The van der Waals surface area contributed by atoms with E-state index in [0.717, 1.165) is 18.1 Å². The highest BCUT2D eigenvalue weighted by molar-refractivity contribution is 5.89. The average Bonchev–Trinajstić information content (AvgIpc) is 3.06. The van der Waals surface area contributed by atoms with E-state index < -0.39 is 53.5 Å². The molecule has 1 aromatic carbocycles. The monoisotopic (exact) mass is 731 g/mol. The van der Waals surface area contributed by atoms with Gasteiger partial charge in [0, 0.05) is 32.1 Å². The summed E-state index contributed by atoms with van der Waals surface area (Å²) in [6.45, 7) is 7.17. The van der Waals surface area contributed by atoms with E-state index >= 15 is 0 Å². The van der Waals surface area contributed by atoms with Crippen molar-refractivity contribution in [1.82, 2.24) is 15.0 Å². The Morgan fingerprint density at radius 2 is 1.63 bits per heavy atom. The zero-order valence-corrected chi connectivity index (χ0v) is 28.3. The molecule has 1 aliphatic rings. The largest absolute Gasteiger partial charge is 0.490 e. The second kappa shape index (κ2) is 17.0. The van der Waals surface area contributed by atoms with Gasteiger partial charge in [0.25, 0.3) is 0 Å². The molecule has 0 saturated heterocycles. The highest BCUT2D eigenvalue weighted by Gasteiger charge is 2.47. The molecule has 0 radical (unpaired) electrons. The van der Waals surface area contributed by atoms with Crippen molar-refractivity contribution in [2.45, 2.75) is 76.8 Å². The first-order valence-corrected chi connectivity index (χ1v) is 15.8. The quantitative estimate of drug-likeness (QED) is 0.131. The highest BCUT2D eigenvalue weighted by Crippen LogP contribution is 2.45. The number of benzene rings is 1. The van der Waals surface area contributed by atoms with Gasteiger partial charge in [0.15, 0.2) is 5.75 Å². The third kappa shape index (κ3) is 10.4. The summed E-state index contributed by atoms with van der Waals surface area (Å²) in [6, 6.07) is 4.02. The van der Waals surface area contributed by atoms with Crippen LogP contribution in [0.1, 0.15) is 86.3 Å². The van der Waals surface area contributed by atoms with E-state index in [0.29, 0.717) is 12.1 Å². The Morgan fingerprint density at radius 1 is 1.00 bits per heavy atom. The summed E-state index contributed by atoms with van der Waals surface area (Å²) < 4.78 is 97.2. The minimum atomic E-state index is -5.08. The highest BCUT2D eigenvalue weighted by atomic mass is 19.4. The van der Waals surface area contributed by atoms with Crippen LogP contribution in [0.15, 0.2) is 36.5 Å². The maximum atomic E-state index is 13.6. The molecule has 0 aliphatic carbocycles. The number of methoxy groups -OCH3 is 1. The standard InChI is InChI=1S/C29H29F6N5O6.C4H10O/c1-3-27(36)13-18(24-20(40(27)26(43)44)6-7-22(39-24)45-2)25-37-14-21(46-8-4-5-23(41)42)19(38-25)11-15-9-16(28(30,31)32)12-17(10-15)29(33,34)35;1-3-5-4-2/h6-7,9-10,12,14,18H,3-5,8,11,13,36H2,1-2H3,(H,41,42)(H,43,44);3-4H2,1-2H3/t18-,27+;/m0./s1. The van der Waals surface area contributed by atoms with Crippen molar-refractivity contribution in [3.8, 4) is 11.6 Å². The maximum Gasteiger partial charge on any atom is 0.416 e. The van der Waals surface area contributed by atoms with E-state index in [1.165, 1.54) is 25.4 Å². The Balaban J connectivity index is 0.00000131. The molecule has 2 atom stereocenters. The van der Waals surface area contributed by atoms with Crippen molar-refractivity contribution in [2.24, 2.45) is 5.73 Å². The van der Waals surface area contributed by atoms with Crippen molar-refractivity contribution < 1.29 is 60.4 Å². The smallest absolute Gasteiger partial charge is 0.416 e. The molecule has 3 aromatic rings. The molecule has 2 aromatic heterocycles. The molecule has 18 heteroatoms. The lowest BCUT2D eigenvalue weighted by Gasteiger charge is -2.45. The molecule has 12 nitrogen and oxygen atoms in total. The van der Waals surface area contributed by atoms with Crippen LogP contribution >= 0.6 is 0 Å². The van der Waals surface area contributed by atoms with Crippen LogP contribution in [0.25, 0.3) is 0 Å². The molecular weight excluding hydrogens is 692 g/mol. The van der Waals surface area contributed by atoms with Gasteiger partial charge in [-0.05, 0) is 62.9 Å². The SMILES string of the molecule is CCOCC.CC[C@]1(N)C[C@H](c2ncc(OCCCC(=O)O)c(Cc3cc(C(F)(F)F)cc(C(F)(F)F)c3)n2)c2nc(OC)ccc2N1C(=O)O. The zero-order chi connectivity index (χ0) is 38.1. The molecule has 0 spiro atoms. The molecule has 4 N–H and O–H groups in total. The number of nitrogens with zero attached hydrogens (tertiary/aromatic N) is 4. The predicted molar refractivity (Wildman–Crippen MR) is 171 cm³/mol. The fourth-order valence-electron chi connectivity index (χ4n) is 5.36. The number of carboxylic acids is 1. The van der Waals surface area contributed by atoms with Crippen LogP contribution in [0.4, 0.5) is 36.8 Å². The Kier molecular flexibility index (Phi) is 13.6. The van der Waals surface area contributed by atoms with Crippen LogP contribution < -0.4 is 20.1 Å². The lowest BCUT2D eigenvalue weighted by atomic mass is 9.83. The number of fused-ring (bicyclic) bond motifs is 1. The van der Waals surface area contributed by atoms with Crippen LogP contribution in [-0.4, -0.2) is 69.8 Å². The number of anilines is 1. The number of carbonyl (C=O) groups is 2. The second-order valence-corrected chi connectivity index (χ2v) is 11.3. The number of pyridine rings is 1. The number of amides is 1. The van der Waals surface area contributed by atoms with Gasteiger partial charge in [0.1, 0.15) is 11.5 Å². The number of aliphatic carboxylic acids is 1. The van der Waals surface area contributed by atoms with E-state index in [1.807, 2.05) is 13.8 Å². The average molecular weight is 732 g/mol. The molecule has 1 amide bonds. The number of ether oxygens (including phenoxy) is 3. The van der Waals surface area contributed by atoms with E-state index in [9.17, 15) is 41.0 Å². The zero-order valence-electron chi connectivity index (χ0n) is 28.3. The topological polar surface area (TPSA) is 170 Å². The molecule has 4 rings (SSSR count). The number of halogens is 6. The van der Waals surface area contributed by atoms with Gasteiger partial charge in [-0.25, -0.2) is 19.7 Å². The van der Waals surface area contributed by atoms with Gasteiger partial charge in [-0.2, -0.15) is 26.3 Å². The van der Waals surface area contributed by atoms with E-state index in [-0.39, 0.29) is 78.4 Å². The number of hydrogen-bond acceptors (Lipinski definition) is 9. The number of hydrogen-bond donors (Lipinski definition) is 3. The van der Waals surface area contributed by atoms with Crippen LogP contribution in [0.3, 0.4) is 0 Å². The fourth-order valence-corrected chi connectivity index (χ4v) is 5.36. The summed E-state index contributed by atoms with van der Waals surface area (Å²) in [7, 11) is 1.34. The van der Waals surface area contributed by atoms with Crippen molar-refractivity contribution in [2.75, 3.05) is 31.8 Å². The van der Waals surface area contributed by atoms with E-state index in [1.54, 1.807) is 6.92 Å². The van der Waals surface area contributed by atoms with Gasteiger partial charge >= 0.3 is 24.4 Å². The Morgan fingerprint density at radius 3 is 2.12 bits per heavy atom. The summed E-state index contributed by atoms with van der Waals surface area (Å²) in [6.07, 6.45) is -11.1. The molecule has 280 valence electrons. The third-order valence-corrected chi connectivity index (χ3v) is 7.84. The van der Waals surface area contributed by atoms with Crippen molar-refractivity contribution in [3.63, 3.8) is 0 Å². The molecule has 3 heterocycles. The molecule has 51 heavy (non-hydrogen) atoms. The summed E-state index contributed by atoms with van der Waals surface area (Å²) in [5, 5.41) is 18.9. The van der Waals surface area contributed by atoms with Crippen LogP contribution in [0.2, 0.25) is 0 Å². The van der Waals surface area contributed by atoms with Crippen LogP contribution in [-0.2, 0) is 28.3 Å². The van der Waals surface area contributed by atoms with Crippen LogP contribution in [0, 0.1) is 0 Å². The third-order valence-electron chi connectivity index (χ3n) is 7.84. The number of carboxylic acid groups (broad SMARTS) is 2. The molecule has 0 unspecified atom stereocenters. The lowest BCUT2D eigenvalue weighted by Crippen LogP contribution is -2.61. The molecule has 0 saturated carbocycles. The Bertz CT molecular complexity index is 1640. The Labute approximate surface area is 289 Å². The summed E-state index contributed by atoms with van der Waals surface area (Å²) in [5.74, 6) is -1.98. The van der Waals surface area contributed by atoms with Gasteiger partial charge < -0.3 is 30.2 Å². The first kappa shape index (κ1) is 40.7. The van der Waals surface area contributed by atoms with E-state index in [2.05, 4.69) is 15.0 Å². The van der Waals surface area contributed by atoms with Gasteiger partial charge in [-0.15, -0.1) is 0 Å². The Hall–Kier alpha value is -4.71. The van der Waals surface area contributed by atoms with Gasteiger partial charge in [0.2, 0.25) is 5.88 Å². The maximum absolute atomic E-state index is 13.6. The predicted octanol–water partition coefficient (Wildman–Crippen LogP) is 6.88. The summed E-state index contributed by atoms with van der Waals surface area (Å²) in [4.78, 5) is 37.4. The molecular formula is C33H39F6N5O7. The van der Waals surface area contributed by atoms with Gasteiger partial charge in [-0.3, -0.25) is 9.69 Å². The first-order valence-electron chi connectivity index (χ1n) is 15.8. The van der Waals surface area contributed by atoms with Gasteiger partial charge in [0.05, 0.1) is 54.0 Å². The molecule has 0 fully saturated rings. The summed E-state index contributed by atoms with van der Waals surface area (Å²) >= 11 is 0. The number of rotatable bonds is 12. The van der Waals surface area contributed by atoms with Crippen molar-refractivity contribution in [1.29, 1.82) is 0 Å². The van der Waals surface area contributed by atoms with Crippen LogP contribution in [0.5, 0.6) is 11.6 Å². The summed E-state index contributed by atoms with van der Waals surface area (Å²) in [5.41, 5.74) is 1.86. The normalized spacial score (nSPS) is 17.2. The molecule has 0 bridgehead atoms. The number of alkyl halides is 6. The lowest BCUT2D eigenvalue weighted by molar-refractivity contribution is -0.143. The number of aromatic nitrogens is 3. The minimum Gasteiger partial charge on any atom is -0.490 e. The second-order valence-electron chi connectivity index (χ2n) is 11.3. The van der Waals surface area contributed by atoms with Crippen molar-refractivity contribution in [3.05, 3.63) is 70.4 Å². The van der Waals surface area contributed by atoms with E-state index in [4.69, 9.17) is 25.1 Å². The number of nitrogens with two attached hydrogens (primary N) is 1. The minimum absolute atomic E-state index is 0.00813. The first-order chi connectivity index (χ1) is 23.9. The van der Waals surface area contributed by atoms with Crippen molar-refractivity contribution >= 4 is 17.7 Å². The molecule has 1 aliphatic heterocycles. The van der Waals surface area contributed by atoms with Gasteiger partial charge in [-0.1, -0.05) is 6.92 Å². The fraction of sp³-hybridized carbons (Fsp3) is 0.485.